The van der Waals surface area contributed by atoms with Crippen LogP contribution in [0.25, 0.3) is 45.6 Å². The molecule has 8 heterocycles. The molecule has 0 saturated carbocycles. The van der Waals surface area contributed by atoms with Crippen LogP contribution in [0.2, 0.25) is 0 Å². The molecule has 8 aromatic rings. The molecule has 0 fully saturated rings. The Morgan fingerprint density at radius 1 is 0.290 bits per heavy atom. The van der Waals surface area contributed by atoms with Crippen molar-refractivity contribution in [1.29, 1.82) is 0 Å². The summed E-state index contributed by atoms with van der Waals surface area (Å²) in [4.78, 5) is 27.4. The minimum absolute atomic E-state index is 0. The summed E-state index contributed by atoms with van der Waals surface area (Å²) >= 11 is 0. The predicted molar refractivity (Wildman–Crippen MR) is 317 cm³/mol. The summed E-state index contributed by atoms with van der Waals surface area (Å²) in [5, 5.41) is 0. The molecule has 2 aromatic carbocycles. The number of hydrogen-bond donors (Lipinski definition) is 0. The quantitative estimate of drug-likeness (QED) is 0.0713. The van der Waals surface area contributed by atoms with Gasteiger partial charge in [0.1, 0.15) is 51.1 Å². The standard InChI is InChI=1S/2C30H31N3O6.Cu.2F6P/c2*1-3-9-31-25(5-1)27-20-24(21-28(33-27)26-6-2-4-10-32-26)39-22-23-7-8-29-30(19-23)38-18-16-36-14-12-34-11-13-35-15-17-37-29;;2*1-7(2,3,4,5)6/h2*1-10,19-21H,11-18,22H2;;;/q;;+2;2*-1. The third kappa shape index (κ3) is 32.7. The van der Waals surface area contributed by atoms with Crippen LogP contribution in [0.5, 0.6) is 34.5 Å². The van der Waals surface area contributed by atoms with Crippen LogP contribution in [0.3, 0.4) is 0 Å². The van der Waals surface area contributed by atoms with E-state index in [1.807, 2.05) is 133 Å². The van der Waals surface area contributed by atoms with Crippen molar-refractivity contribution < 1.29 is 124 Å². The van der Waals surface area contributed by atoms with E-state index in [2.05, 4.69) is 19.9 Å². The molecule has 18 nitrogen and oxygen atoms in total. The molecule has 1 radical (unpaired) electrons. The average Bonchev–Trinajstić information content (AvgIpc) is 0.815. The molecule has 0 amide bonds. The summed E-state index contributed by atoms with van der Waals surface area (Å²) in [6, 6.07) is 42.0. The van der Waals surface area contributed by atoms with Gasteiger partial charge in [0.05, 0.1) is 125 Å². The van der Waals surface area contributed by atoms with Gasteiger partial charge in [-0.15, -0.1) is 0 Å². The van der Waals surface area contributed by atoms with Gasteiger partial charge in [0.2, 0.25) is 0 Å². The number of pyridine rings is 6. The first kappa shape index (κ1) is 74.5. The van der Waals surface area contributed by atoms with Gasteiger partial charge in [-0.1, -0.05) is 36.4 Å². The SMILES string of the molecule is F[P-](F)(F)(F)(F)F.F[P-](F)(F)(F)(F)F.[Cu+2].c1ccc(-c2cc(OCc3ccc4c(c3)OCCOCCOCCOCCO4)cc(-c3ccccn3)n2)nc1.c1ccc(-c2cc(OCc3ccc4c(c3)OCCOCCOCCOCCO4)cc(-c3ccccn3)n2)nc1. The van der Waals surface area contributed by atoms with Crippen LogP contribution in [0.4, 0.5) is 50.4 Å². The van der Waals surface area contributed by atoms with Gasteiger partial charge >= 0.3 is 83.0 Å². The van der Waals surface area contributed by atoms with E-state index in [0.29, 0.717) is 176 Å². The number of benzene rings is 2. The van der Waals surface area contributed by atoms with Gasteiger partial charge in [-0.3, -0.25) is 19.9 Å². The molecular weight excluding hydrogens is 1350 g/mol. The van der Waals surface area contributed by atoms with Crippen LogP contribution in [0.1, 0.15) is 11.1 Å². The van der Waals surface area contributed by atoms with E-state index >= 15 is 0 Å². The molecule has 2 aliphatic rings. The smallest absolute Gasteiger partial charge is 0.489 e. The predicted octanol–water partition coefficient (Wildman–Crippen LogP) is 16.0. The van der Waals surface area contributed by atoms with E-state index in [1.54, 1.807) is 24.8 Å². The van der Waals surface area contributed by atoms with Gasteiger partial charge in [-0.25, -0.2) is 9.97 Å². The molecule has 0 saturated heterocycles. The first-order valence-electron chi connectivity index (χ1n) is 27.9. The molecule has 0 aliphatic carbocycles. The maximum Gasteiger partial charge on any atom is 2.00 e. The number of aromatic nitrogens is 6. The van der Waals surface area contributed by atoms with Gasteiger partial charge in [0.25, 0.3) is 0 Å². The second-order valence-electron chi connectivity index (χ2n) is 19.1. The Kier molecular flexibility index (Phi) is 26.8. The van der Waals surface area contributed by atoms with Crippen LogP contribution >= 0.6 is 15.6 Å². The van der Waals surface area contributed by atoms with Crippen molar-refractivity contribution in [3.05, 3.63) is 169 Å². The second-order valence-corrected chi connectivity index (χ2v) is 23.0. The van der Waals surface area contributed by atoms with Gasteiger partial charge in [0.15, 0.2) is 23.0 Å². The van der Waals surface area contributed by atoms with E-state index in [1.165, 1.54) is 0 Å². The Bertz CT molecular complexity index is 3180. The fraction of sp³-hybridized carbons (Fsp3) is 0.300. The van der Waals surface area contributed by atoms with Crippen LogP contribution in [-0.2, 0) is 58.7 Å². The zero-order valence-electron chi connectivity index (χ0n) is 49.1. The van der Waals surface area contributed by atoms with E-state index in [-0.39, 0.29) is 17.1 Å². The largest absolute Gasteiger partial charge is 2.00 e. The summed E-state index contributed by atoms with van der Waals surface area (Å²) in [5.41, 5.74) is 7.70. The molecule has 2 aliphatic heterocycles. The Hall–Kier alpha value is -7.56. The molecule has 10 rings (SSSR count). The molecule has 0 atom stereocenters. The minimum atomic E-state index is -10.7. The first-order valence-corrected chi connectivity index (χ1v) is 32.0. The van der Waals surface area contributed by atoms with Crippen molar-refractivity contribution >= 4 is 15.6 Å². The topological polar surface area (TPSA) is 188 Å². The molecule has 0 N–H and O–H groups in total. The van der Waals surface area contributed by atoms with Crippen LogP contribution < -0.4 is 28.4 Å². The minimum Gasteiger partial charge on any atom is -0.489 e. The molecule has 33 heteroatoms. The van der Waals surface area contributed by atoms with E-state index in [0.717, 1.165) is 33.9 Å². The molecule has 509 valence electrons. The van der Waals surface area contributed by atoms with Crippen LogP contribution in [0, 0.1) is 0 Å². The number of ether oxygens (including phenoxy) is 12. The van der Waals surface area contributed by atoms with E-state index in [4.69, 9.17) is 66.8 Å². The number of hydrogen-bond acceptors (Lipinski definition) is 18. The number of rotatable bonds is 10. The zero-order chi connectivity index (χ0) is 65.9. The Labute approximate surface area is 536 Å². The Balaban J connectivity index is 0.000000242. The summed E-state index contributed by atoms with van der Waals surface area (Å²) in [6.45, 7) is 8.22. The third-order valence-electron chi connectivity index (χ3n) is 11.6. The number of fused-ring (bicyclic) bond motifs is 2. The zero-order valence-corrected chi connectivity index (χ0v) is 51.8. The number of halogens is 12. The van der Waals surface area contributed by atoms with Crippen LogP contribution in [-0.4, -0.2) is 136 Å². The molecule has 6 aromatic heterocycles. The maximum absolute atomic E-state index is 10.7. The first-order chi connectivity index (χ1) is 43.6. The number of nitrogens with zero attached hydrogens (tertiary/aromatic N) is 6. The van der Waals surface area contributed by atoms with Crippen molar-refractivity contribution in [2.45, 2.75) is 13.2 Å². The summed E-state index contributed by atoms with van der Waals surface area (Å²) < 4.78 is 188. The fourth-order valence-electron chi connectivity index (χ4n) is 7.77. The normalized spacial score (nSPS) is 16.1. The van der Waals surface area contributed by atoms with Crippen LogP contribution in [0.15, 0.2) is 158 Å². The fourth-order valence-corrected chi connectivity index (χ4v) is 7.77. The monoisotopic (exact) mass is 1410 g/mol. The Morgan fingerprint density at radius 3 is 0.763 bits per heavy atom. The van der Waals surface area contributed by atoms with E-state index in [9.17, 15) is 50.4 Å². The Morgan fingerprint density at radius 2 is 0.527 bits per heavy atom. The second kappa shape index (κ2) is 33.5. The van der Waals surface area contributed by atoms with Gasteiger partial charge in [-0.05, 0) is 83.9 Å². The summed E-state index contributed by atoms with van der Waals surface area (Å²) in [5.74, 6) is 3.87. The maximum atomic E-state index is 9.87. The van der Waals surface area contributed by atoms with Crippen molar-refractivity contribution in [3.63, 3.8) is 0 Å². The molecule has 93 heavy (non-hydrogen) atoms. The summed E-state index contributed by atoms with van der Waals surface area (Å²) in [6.07, 6.45) is 6.98. The van der Waals surface area contributed by atoms with E-state index < -0.39 is 15.6 Å². The molecule has 0 spiro atoms. The molecular formula is C60H62CuF12N6O12P2. The van der Waals surface area contributed by atoms with Crippen molar-refractivity contribution in [1.82, 2.24) is 29.9 Å². The van der Waals surface area contributed by atoms with Gasteiger partial charge < -0.3 is 56.8 Å². The third-order valence-corrected chi connectivity index (χ3v) is 11.6. The van der Waals surface area contributed by atoms with Crippen molar-refractivity contribution in [3.8, 4) is 80.0 Å². The average molecular weight is 1410 g/mol. The summed E-state index contributed by atoms with van der Waals surface area (Å²) in [7, 11) is -21.3. The van der Waals surface area contributed by atoms with Crippen molar-refractivity contribution in [2.24, 2.45) is 0 Å². The van der Waals surface area contributed by atoms with Gasteiger partial charge in [0, 0.05) is 49.1 Å². The van der Waals surface area contributed by atoms with Crippen molar-refractivity contribution in [2.75, 3.05) is 106 Å². The molecule has 0 unspecified atom stereocenters. The molecule has 0 bridgehead atoms. The van der Waals surface area contributed by atoms with Gasteiger partial charge in [-0.2, -0.15) is 0 Å².